The number of nitrogens with one attached hydrogen (secondary N) is 2. The van der Waals surface area contributed by atoms with E-state index >= 15 is 0 Å². The van der Waals surface area contributed by atoms with Crippen LogP contribution in [0.5, 0.6) is 23.0 Å². The van der Waals surface area contributed by atoms with Crippen LogP contribution >= 0.6 is 0 Å². The summed E-state index contributed by atoms with van der Waals surface area (Å²) in [6.45, 7) is 4.56. The van der Waals surface area contributed by atoms with Gasteiger partial charge in [-0.2, -0.15) is 81.1 Å². The third kappa shape index (κ3) is 24.7. The Morgan fingerprint density at radius 3 is 1.00 bits per heavy atom. The van der Waals surface area contributed by atoms with Crippen molar-refractivity contribution in [2.75, 3.05) is 60.1 Å². The van der Waals surface area contributed by atoms with Gasteiger partial charge in [0.05, 0.1) is 93.4 Å². The number of aryl methyl sites for hydroxylation is 4. The molecule has 40 nitrogen and oxygen atoms in total. The molecule has 9 N–H and O–H groups in total. The Labute approximate surface area is 563 Å². The Morgan fingerprint density at radius 2 is 0.697 bits per heavy atom. The smallest absolute Gasteiger partial charge is 0.323 e. The van der Waals surface area contributed by atoms with Crippen LogP contribution < -0.4 is 35.5 Å². The van der Waals surface area contributed by atoms with Gasteiger partial charge in [0, 0.05) is 48.5 Å². The van der Waals surface area contributed by atoms with Crippen molar-refractivity contribution in [2.45, 2.75) is 63.2 Å². The number of nitro groups is 2. The lowest BCUT2D eigenvalue weighted by atomic mass is 10.1. The number of benzene rings is 6. The standard InChI is InChI=1S/C53H59N13O27S6/c1-31-21-43(47(89-13-5-17-94(72,73)74)27-39(31)61-63-45-23-33(3)41(29-49(45)91-14-6-18-95(75,76)77)59-57-37-11-9-35(65(68)69)25-51(37)98(83,84)85)55-53(67)56-44-22-32(2)40(28-48(44)90-16-8-20-97(81,82)93-54)62-64-46-24-34(4)42(30-50(46)92-15-7-19-96(78,79)80)60-58-38-12-10-36(66(70)71)26-52(38)99(86,87)88/h9-12,21-30H,5-8,13-20,54H2,1-4H3,(H2,55,56,67)(H,72,73,74)(H,75,76,77)(H,78,79,80)(H,83,84,85)(H,86,87,88). The number of azo groups is 4. The van der Waals surface area contributed by atoms with Crippen molar-refractivity contribution < 1.29 is 111 Å². The summed E-state index contributed by atoms with van der Waals surface area (Å²) in [4.78, 5) is 33.1. The highest BCUT2D eigenvalue weighted by molar-refractivity contribution is 7.87. The number of nitrogens with zero attached hydrogens (tertiary/aromatic N) is 10. The molecule has 6 aromatic rings. The second kappa shape index (κ2) is 33.3. The predicted molar refractivity (Wildman–Crippen MR) is 349 cm³/mol. The zero-order valence-electron chi connectivity index (χ0n) is 51.8. The van der Waals surface area contributed by atoms with Gasteiger partial charge in [0.2, 0.25) is 0 Å². The molecule has 0 aliphatic heterocycles. The molecule has 2 amide bonds. The molecule has 46 heteroatoms. The van der Waals surface area contributed by atoms with E-state index in [1.807, 2.05) is 0 Å². The molecule has 99 heavy (non-hydrogen) atoms. The number of nitro benzene ring substituents is 2. The van der Waals surface area contributed by atoms with Gasteiger partial charge in [-0.05, 0) is 112 Å². The van der Waals surface area contributed by atoms with E-state index < -0.39 is 139 Å². The third-order valence-electron chi connectivity index (χ3n) is 12.9. The highest BCUT2D eigenvalue weighted by Crippen LogP contribution is 2.43. The number of urea groups is 1. The van der Waals surface area contributed by atoms with E-state index in [0.29, 0.717) is 12.1 Å². The Kier molecular flexibility index (Phi) is 26.4. The van der Waals surface area contributed by atoms with Crippen LogP contribution in [0.2, 0.25) is 0 Å². The van der Waals surface area contributed by atoms with Gasteiger partial charge in [-0.1, -0.05) is 0 Å². The van der Waals surface area contributed by atoms with Crippen LogP contribution in [-0.4, -0.2) is 139 Å². The monoisotopic (exact) mass is 1500 g/mol. The maximum absolute atomic E-state index is 14.1. The molecule has 0 saturated carbocycles. The van der Waals surface area contributed by atoms with Gasteiger partial charge >= 0.3 is 6.03 Å². The van der Waals surface area contributed by atoms with Crippen molar-refractivity contribution in [3.63, 3.8) is 0 Å². The number of amides is 2. The van der Waals surface area contributed by atoms with Crippen LogP contribution in [0.25, 0.3) is 0 Å². The van der Waals surface area contributed by atoms with Crippen molar-refractivity contribution in [1.29, 1.82) is 0 Å². The third-order valence-corrected chi connectivity index (χ3v) is 18.2. The van der Waals surface area contributed by atoms with Crippen molar-refractivity contribution >= 4 is 135 Å². The minimum atomic E-state index is -5.08. The summed E-state index contributed by atoms with van der Waals surface area (Å²) in [5.74, 6) is 1.46. The molecule has 6 rings (SSSR count). The van der Waals surface area contributed by atoms with Gasteiger partial charge in [0.25, 0.3) is 72.1 Å². The molecule has 0 spiro atoms. The number of carbonyl (C=O) groups excluding carboxylic acids is 1. The van der Waals surface area contributed by atoms with E-state index in [1.165, 1.54) is 76.2 Å². The maximum atomic E-state index is 14.1. The molecule has 0 fully saturated rings. The normalized spacial score (nSPS) is 12.6. The van der Waals surface area contributed by atoms with Crippen molar-refractivity contribution in [3.05, 3.63) is 127 Å². The summed E-state index contributed by atoms with van der Waals surface area (Å²) >= 11 is 0. The lowest BCUT2D eigenvalue weighted by molar-refractivity contribution is -0.385. The molecule has 6 aromatic carbocycles. The van der Waals surface area contributed by atoms with E-state index in [-0.39, 0.29) is 136 Å². The van der Waals surface area contributed by atoms with E-state index in [2.05, 4.69) is 55.8 Å². The minimum Gasteiger partial charge on any atom is -0.491 e. The molecule has 0 radical (unpaired) electrons. The zero-order chi connectivity index (χ0) is 73.4. The van der Waals surface area contributed by atoms with E-state index in [1.54, 1.807) is 0 Å². The summed E-state index contributed by atoms with van der Waals surface area (Å²) in [6, 6.07) is 14.3. The van der Waals surface area contributed by atoms with Crippen LogP contribution in [0.1, 0.15) is 47.9 Å². The number of hydrogen-bond acceptors (Lipinski definition) is 31. The van der Waals surface area contributed by atoms with E-state index in [4.69, 9.17) is 24.8 Å². The molecular weight excluding hydrogens is 1440 g/mol. The van der Waals surface area contributed by atoms with Crippen molar-refractivity contribution in [3.8, 4) is 23.0 Å². The fourth-order valence-electron chi connectivity index (χ4n) is 8.19. The largest absolute Gasteiger partial charge is 0.491 e. The lowest BCUT2D eigenvalue weighted by Crippen LogP contribution is -2.21. The molecule has 0 aliphatic rings. The van der Waals surface area contributed by atoms with Gasteiger partial charge in [-0.3, -0.25) is 43.0 Å². The number of carbonyl (C=O) groups is 1. The average Bonchev–Trinajstić information content (AvgIpc) is 0.821. The van der Waals surface area contributed by atoms with Crippen LogP contribution in [0.4, 0.5) is 73.0 Å². The quantitative estimate of drug-likeness (QED) is 0.00602. The molecular formula is C53H59N13O27S6. The average molecular weight is 1500 g/mol. The topological polar surface area (TPSA) is 604 Å². The Bertz CT molecular complexity index is 4950. The van der Waals surface area contributed by atoms with Gasteiger partial charge < -0.3 is 29.6 Å². The molecule has 0 atom stereocenters. The molecule has 0 unspecified atom stereocenters. The molecule has 534 valence electrons. The van der Waals surface area contributed by atoms with Crippen molar-refractivity contribution in [1.82, 2.24) is 0 Å². The highest BCUT2D eigenvalue weighted by Gasteiger charge is 2.24. The summed E-state index contributed by atoms with van der Waals surface area (Å²) in [5, 5.41) is 61.0. The van der Waals surface area contributed by atoms with Gasteiger partial charge in [-0.25, -0.2) is 4.79 Å². The number of non-ortho nitro benzene ring substituents is 2. The number of rotatable bonds is 35. The van der Waals surface area contributed by atoms with Crippen LogP contribution in [0.15, 0.2) is 136 Å². The molecule has 0 aliphatic carbocycles. The number of nitrogens with two attached hydrogens (primary N) is 1. The second-order valence-electron chi connectivity index (χ2n) is 20.7. The molecule has 0 heterocycles. The zero-order valence-corrected chi connectivity index (χ0v) is 56.7. The fourth-order valence-corrected chi connectivity index (χ4v) is 11.5. The predicted octanol–water partition coefficient (Wildman–Crippen LogP) is 10.5. The lowest BCUT2D eigenvalue weighted by Gasteiger charge is -2.17. The Hall–Kier alpha value is -9.59. The first kappa shape index (κ1) is 78.4. The van der Waals surface area contributed by atoms with Gasteiger partial charge in [0.15, 0.2) is 0 Å². The Balaban J connectivity index is 1.36. The van der Waals surface area contributed by atoms with Crippen molar-refractivity contribution in [2.24, 2.45) is 46.8 Å². The first-order valence-corrected chi connectivity index (χ1v) is 37.2. The van der Waals surface area contributed by atoms with Gasteiger partial charge in [0.1, 0.15) is 55.5 Å². The SMILES string of the molecule is Cc1cc(NC(=O)Nc2cc(C)c(N=Nc3cc(C)c(N=Nc4ccc([N+](=O)[O-])cc4S(=O)(=O)O)cc3OCCCS(=O)(=O)O)cc2OCCCS(=O)(=O)ON)c(OCCCS(=O)(=O)O)cc1N=Nc1cc(C)c(N=Nc2ccc([N+](=O)[O-])cc2S(=O)(=O)O)cc1OCCCS(=O)(=O)O. The summed E-state index contributed by atoms with van der Waals surface area (Å²) < 4.78 is 217. The van der Waals surface area contributed by atoms with Crippen LogP contribution in [0, 0.1) is 47.9 Å². The first-order valence-electron chi connectivity index (χ1n) is 27.9. The molecule has 0 bridgehead atoms. The number of anilines is 2. The maximum Gasteiger partial charge on any atom is 0.323 e. The molecule has 0 aromatic heterocycles. The van der Waals surface area contributed by atoms with Crippen LogP contribution in [-0.2, 0) is 65.0 Å². The number of ether oxygens (including phenoxy) is 4. The van der Waals surface area contributed by atoms with E-state index in [0.717, 1.165) is 24.3 Å². The molecule has 0 saturated heterocycles. The van der Waals surface area contributed by atoms with Gasteiger partial charge in [-0.15, -0.1) is 20.5 Å². The summed E-state index contributed by atoms with van der Waals surface area (Å²) in [6.07, 6.45) is -1.01. The first-order chi connectivity index (χ1) is 46.1. The second-order valence-corrected chi connectivity index (χ2v) is 29.9. The highest BCUT2D eigenvalue weighted by atomic mass is 32.2. The van der Waals surface area contributed by atoms with E-state index in [9.17, 15) is 98.3 Å². The number of hydrogen-bond donors (Lipinski definition) is 8. The summed E-state index contributed by atoms with van der Waals surface area (Å²) in [7, 11) is -27.7. The van der Waals surface area contributed by atoms with Crippen LogP contribution in [0.3, 0.4) is 0 Å². The minimum absolute atomic E-state index is 0.0301. The Morgan fingerprint density at radius 1 is 0.414 bits per heavy atom. The fraction of sp³-hybridized carbons (Fsp3) is 0.302. The summed E-state index contributed by atoms with van der Waals surface area (Å²) in [5.41, 5.74) is -1.58.